The minimum Gasteiger partial charge on any atom is -0.206 e. The van der Waals surface area contributed by atoms with Gasteiger partial charge in [-0.1, -0.05) is 24.3 Å². The summed E-state index contributed by atoms with van der Waals surface area (Å²) in [7, 11) is -6.92. The number of fused-ring (bicyclic) bond motifs is 8. The number of allylic oxidation sites excluding steroid dienone is 2. The molecule has 1 aromatic carbocycles. The van der Waals surface area contributed by atoms with E-state index >= 15 is 0 Å². The maximum atomic E-state index is 11.3. The summed E-state index contributed by atoms with van der Waals surface area (Å²) in [6.07, 6.45) is 7.78. The Balaban J connectivity index is 2.33. The average Bonchev–Trinajstić information content (AvgIpc) is 2.53. The SMILES string of the molecule is CS(=O)(=O)N/N=C1/C=C\C(=N\NS(C)(=O)=O)CCc2ccc(cc2)CC1. The van der Waals surface area contributed by atoms with Gasteiger partial charge in [-0.2, -0.15) is 10.2 Å². The lowest BCUT2D eigenvalue weighted by Crippen LogP contribution is -2.19. The first-order valence-corrected chi connectivity index (χ1v) is 11.7. The standard InChI is InChI=1S/C16H22N4O4S2/c1-25(21,22)19-17-15-9-7-13-3-5-14(6-4-13)8-10-16(12-11-15)18-20-26(2,23)24/h3-6,11-12,19-20H,7-10H2,1-2H3/b12-11-,17-15+,18-16+. The van der Waals surface area contributed by atoms with Crippen LogP contribution < -0.4 is 9.66 Å². The number of nitrogens with one attached hydrogen (secondary N) is 2. The van der Waals surface area contributed by atoms with Gasteiger partial charge in [-0.05, 0) is 49.0 Å². The van der Waals surface area contributed by atoms with E-state index in [-0.39, 0.29) is 0 Å². The van der Waals surface area contributed by atoms with E-state index in [9.17, 15) is 16.8 Å². The quantitative estimate of drug-likeness (QED) is 0.734. The second kappa shape index (κ2) is 8.45. The largest absolute Gasteiger partial charge is 0.244 e. The number of hydrazone groups is 2. The summed E-state index contributed by atoms with van der Waals surface area (Å²) in [4.78, 5) is 4.25. The molecule has 2 aliphatic carbocycles. The number of rotatable bonds is 4. The maximum absolute atomic E-state index is 11.3. The van der Waals surface area contributed by atoms with Crippen LogP contribution >= 0.6 is 0 Å². The van der Waals surface area contributed by atoms with Crippen molar-refractivity contribution < 1.29 is 16.8 Å². The van der Waals surface area contributed by atoms with E-state index in [1.165, 1.54) is 0 Å². The van der Waals surface area contributed by atoms with E-state index in [1.54, 1.807) is 12.2 Å². The van der Waals surface area contributed by atoms with Gasteiger partial charge in [0.2, 0.25) is 20.0 Å². The summed E-state index contributed by atoms with van der Waals surface area (Å²) < 4.78 is 45.1. The van der Waals surface area contributed by atoms with Crippen molar-refractivity contribution in [3.05, 3.63) is 47.5 Å². The third-order valence-electron chi connectivity index (χ3n) is 3.54. The van der Waals surface area contributed by atoms with Crippen molar-refractivity contribution in [2.24, 2.45) is 10.2 Å². The molecule has 1 aromatic rings. The van der Waals surface area contributed by atoms with Crippen molar-refractivity contribution >= 4 is 31.5 Å². The molecule has 3 rings (SSSR count). The van der Waals surface area contributed by atoms with Gasteiger partial charge in [-0.25, -0.2) is 26.5 Å². The Morgan fingerprint density at radius 3 is 1.35 bits per heavy atom. The van der Waals surface area contributed by atoms with Crippen LogP contribution in [0.4, 0.5) is 0 Å². The highest BCUT2D eigenvalue weighted by molar-refractivity contribution is 7.88. The number of benzene rings is 1. The Labute approximate surface area is 154 Å². The molecule has 0 amide bonds. The molecule has 0 aliphatic heterocycles. The van der Waals surface area contributed by atoms with Crippen LogP contribution in [0.5, 0.6) is 0 Å². The highest BCUT2D eigenvalue weighted by Gasteiger charge is 2.06. The van der Waals surface area contributed by atoms with Crippen molar-refractivity contribution in [3.63, 3.8) is 0 Å². The molecule has 0 atom stereocenters. The van der Waals surface area contributed by atoms with Gasteiger partial charge in [0.25, 0.3) is 0 Å². The van der Waals surface area contributed by atoms with Crippen LogP contribution in [0.25, 0.3) is 0 Å². The Morgan fingerprint density at radius 1 is 0.692 bits per heavy atom. The Kier molecular flexibility index (Phi) is 6.54. The molecule has 0 aromatic heterocycles. The fourth-order valence-corrected chi connectivity index (χ4v) is 2.81. The van der Waals surface area contributed by atoms with Gasteiger partial charge in [0, 0.05) is 0 Å². The summed E-state index contributed by atoms with van der Waals surface area (Å²) in [6, 6.07) is 8.09. The van der Waals surface area contributed by atoms with Crippen LogP contribution in [-0.2, 0) is 32.9 Å². The number of aryl methyl sites for hydroxylation is 2. The molecule has 2 aliphatic rings. The van der Waals surface area contributed by atoms with Crippen molar-refractivity contribution in [2.75, 3.05) is 12.5 Å². The fourth-order valence-electron chi connectivity index (χ4n) is 2.25. The van der Waals surface area contributed by atoms with Crippen molar-refractivity contribution in [1.82, 2.24) is 9.66 Å². The molecule has 142 valence electrons. The number of sulfonamides is 2. The molecule has 0 heterocycles. The lowest BCUT2D eigenvalue weighted by atomic mass is 10.00. The molecule has 0 spiro atoms. The van der Waals surface area contributed by atoms with Crippen molar-refractivity contribution in [1.29, 1.82) is 0 Å². The van der Waals surface area contributed by atoms with E-state index in [2.05, 4.69) is 19.9 Å². The summed E-state index contributed by atoms with van der Waals surface area (Å²) in [5.74, 6) is 0. The number of hydrogen-bond donors (Lipinski definition) is 2. The average molecular weight is 399 g/mol. The first kappa shape index (κ1) is 20.1. The topological polar surface area (TPSA) is 117 Å². The zero-order valence-corrected chi connectivity index (χ0v) is 16.3. The third-order valence-corrected chi connectivity index (χ3v) is 4.39. The van der Waals surface area contributed by atoms with Crippen LogP contribution in [0.15, 0.2) is 46.6 Å². The third kappa shape index (κ3) is 7.79. The minimum atomic E-state index is -3.46. The van der Waals surface area contributed by atoms with Crippen molar-refractivity contribution in [2.45, 2.75) is 25.7 Å². The monoisotopic (exact) mass is 398 g/mol. The lowest BCUT2D eigenvalue weighted by Gasteiger charge is -2.09. The van der Waals surface area contributed by atoms with E-state index in [1.807, 2.05) is 24.3 Å². The first-order valence-electron chi connectivity index (χ1n) is 7.93. The van der Waals surface area contributed by atoms with E-state index in [0.717, 1.165) is 23.6 Å². The summed E-state index contributed by atoms with van der Waals surface area (Å²) in [5, 5.41) is 7.88. The smallest absolute Gasteiger partial charge is 0.206 e. The molecule has 2 N–H and O–H groups in total. The second-order valence-electron chi connectivity index (χ2n) is 6.08. The van der Waals surface area contributed by atoms with Gasteiger partial charge in [0.05, 0.1) is 23.9 Å². The molecule has 8 nitrogen and oxygen atoms in total. The Morgan fingerprint density at radius 2 is 1.04 bits per heavy atom. The van der Waals surface area contributed by atoms with Crippen LogP contribution in [-0.4, -0.2) is 40.8 Å². The molecular formula is C16H22N4O4S2. The summed E-state index contributed by atoms with van der Waals surface area (Å²) in [6.45, 7) is 0. The predicted octanol–water partition coefficient (Wildman–Crippen LogP) is 0.932. The Hall–Kier alpha value is -2.20. The predicted molar refractivity (Wildman–Crippen MR) is 103 cm³/mol. The van der Waals surface area contributed by atoms with Gasteiger partial charge < -0.3 is 0 Å². The first-order chi connectivity index (χ1) is 12.1. The molecular weight excluding hydrogens is 376 g/mol. The molecule has 0 unspecified atom stereocenters. The molecule has 26 heavy (non-hydrogen) atoms. The minimum absolute atomic E-state index is 0.519. The van der Waals surface area contributed by atoms with Gasteiger partial charge in [0.15, 0.2) is 0 Å². The van der Waals surface area contributed by atoms with E-state index in [4.69, 9.17) is 0 Å². The highest BCUT2D eigenvalue weighted by atomic mass is 32.2. The van der Waals surface area contributed by atoms with Crippen LogP contribution in [0.2, 0.25) is 0 Å². The summed E-state index contributed by atoms with van der Waals surface area (Å²) in [5.41, 5.74) is 3.30. The van der Waals surface area contributed by atoms with Gasteiger partial charge in [-0.15, -0.1) is 0 Å². The molecule has 0 saturated carbocycles. The molecule has 10 heteroatoms. The zero-order valence-electron chi connectivity index (χ0n) is 14.6. The number of hydrogen-bond acceptors (Lipinski definition) is 6. The fraction of sp³-hybridized carbons (Fsp3) is 0.375. The second-order valence-corrected chi connectivity index (χ2v) is 9.54. The zero-order chi connectivity index (χ0) is 19.2. The normalized spacial score (nSPS) is 20.4. The Bertz CT molecular complexity index is 854. The molecule has 0 radical (unpaired) electrons. The highest BCUT2D eigenvalue weighted by Crippen LogP contribution is 2.12. The van der Waals surface area contributed by atoms with Crippen LogP contribution in [0, 0.1) is 0 Å². The maximum Gasteiger partial charge on any atom is 0.244 e. The van der Waals surface area contributed by atoms with Gasteiger partial charge >= 0.3 is 0 Å². The van der Waals surface area contributed by atoms with Gasteiger partial charge in [-0.3, -0.25) is 0 Å². The lowest BCUT2D eigenvalue weighted by molar-refractivity contribution is 0.588. The van der Waals surface area contributed by atoms with E-state index in [0.29, 0.717) is 37.1 Å². The van der Waals surface area contributed by atoms with E-state index < -0.39 is 20.0 Å². The van der Waals surface area contributed by atoms with Crippen molar-refractivity contribution in [3.8, 4) is 0 Å². The summed E-state index contributed by atoms with van der Waals surface area (Å²) >= 11 is 0. The molecule has 0 fully saturated rings. The van der Waals surface area contributed by atoms with Gasteiger partial charge in [0.1, 0.15) is 0 Å². The van der Waals surface area contributed by atoms with Crippen LogP contribution in [0.3, 0.4) is 0 Å². The van der Waals surface area contributed by atoms with Crippen LogP contribution in [0.1, 0.15) is 24.0 Å². The molecule has 0 saturated heterocycles. The number of nitrogens with zero attached hydrogens (tertiary/aromatic N) is 2. The molecule has 2 bridgehead atoms.